The summed E-state index contributed by atoms with van der Waals surface area (Å²) in [7, 11) is 0. The summed E-state index contributed by atoms with van der Waals surface area (Å²) in [5.74, 6) is -1.10. The minimum atomic E-state index is -1.07. The van der Waals surface area contributed by atoms with Crippen LogP contribution in [0.5, 0.6) is 0 Å². The number of aromatic carboxylic acids is 1. The molecule has 0 unspecified atom stereocenters. The van der Waals surface area contributed by atoms with E-state index < -0.39 is 5.97 Å². The van der Waals surface area contributed by atoms with E-state index in [1.165, 1.54) is 37.9 Å². The van der Waals surface area contributed by atoms with E-state index in [2.05, 4.69) is 4.98 Å². The lowest BCUT2D eigenvalue weighted by atomic mass is 9.86. The number of likely N-dealkylation sites (tertiary alicyclic amines) is 1. The standard InChI is InChI=1S/C15H18N2O3/c18-13(11-3-4-12(14(19)20)16-9-11)17-8-7-15(10-17)5-1-2-6-15/h3-4,9H,1-2,5-8,10H2,(H,19,20). The number of rotatable bonds is 2. The van der Waals surface area contributed by atoms with Crippen molar-refractivity contribution in [3.05, 3.63) is 29.6 Å². The van der Waals surface area contributed by atoms with Crippen molar-refractivity contribution in [3.63, 3.8) is 0 Å². The molecule has 1 spiro atoms. The Kier molecular flexibility index (Phi) is 3.20. The van der Waals surface area contributed by atoms with Crippen LogP contribution in [0.25, 0.3) is 0 Å². The van der Waals surface area contributed by atoms with Gasteiger partial charge in [-0.15, -0.1) is 0 Å². The van der Waals surface area contributed by atoms with Gasteiger partial charge in [-0.05, 0) is 36.8 Å². The quantitative estimate of drug-likeness (QED) is 0.897. The average Bonchev–Trinajstić information content (AvgIpc) is 3.09. The maximum Gasteiger partial charge on any atom is 0.354 e. The molecule has 106 valence electrons. The Morgan fingerprint density at radius 2 is 1.95 bits per heavy atom. The van der Waals surface area contributed by atoms with Crippen molar-refractivity contribution >= 4 is 11.9 Å². The van der Waals surface area contributed by atoms with Gasteiger partial charge in [0.25, 0.3) is 5.91 Å². The zero-order chi connectivity index (χ0) is 14.2. The molecule has 5 heteroatoms. The number of carbonyl (C=O) groups is 2. The second-order valence-corrected chi connectivity index (χ2v) is 5.92. The first-order chi connectivity index (χ1) is 9.60. The lowest BCUT2D eigenvalue weighted by Gasteiger charge is -2.23. The van der Waals surface area contributed by atoms with Gasteiger partial charge in [0.1, 0.15) is 5.69 Å². The van der Waals surface area contributed by atoms with Crippen LogP contribution >= 0.6 is 0 Å². The number of nitrogens with zero attached hydrogens (tertiary/aromatic N) is 2. The van der Waals surface area contributed by atoms with Crippen LogP contribution in [0.15, 0.2) is 18.3 Å². The van der Waals surface area contributed by atoms with E-state index in [1.807, 2.05) is 4.90 Å². The van der Waals surface area contributed by atoms with Gasteiger partial charge < -0.3 is 10.0 Å². The number of pyridine rings is 1. The zero-order valence-electron chi connectivity index (χ0n) is 11.3. The summed E-state index contributed by atoms with van der Waals surface area (Å²) in [5.41, 5.74) is 0.796. The number of carboxylic acid groups (broad SMARTS) is 1. The van der Waals surface area contributed by atoms with Gasteiger partial charge in [0.05, 0.1) is 5.56 Å². The Bertz CT molecular complexity index is 533. The van der Waals surface area contributed by atoms with Crippen molar-refractivity contribution in [2.45, 2.75) is 32.1 Å². The van der Waals surface area contributed by atoms with Crippen molar-refractivity contribution in [2.75, 3.05) is 13.1 Å². The summed E-state index contributed by atoms with van der Waals surface area (Å²) in [6.07, 6.45) is 7.47. The third kappa shape index (κ3) is 2.28. The maximum atomic E-state index is 12.4. The highest BCUT2D eigenvalue weighted by Crippen LogP contribution is 2.45. The van der Waals surface area contributed by atoms with E-state index in [0.29, 0.717) is 11.0 Å². The largest absolute Gasteiger partial charge is 0.477 e. The van der Waals surface area contributed by atoms with Gasteiger partial charge in [-0.2, -0.15) is 0 Å². The second-order valence-electron chi connectivity index (χ2n) is 5.92. The molecule has 5 nitrogen and oxygen atoms in total. The summed E-state index contributed by atoms with van der Waals surface area (Å²) in [4.78, 5) is 28.9. The Labute approximate surface area is 117 Å². The molecule has 2 heterocycles. The lowest BCUT2D eigenvalue weighted by Crippen LogP contribution is -2.31. The molecule has 0 atom stereocenters. The molecular formula is C15H18N2O3. The molecule has 1 saturated carbocycles. The van der Waals surface area contributed by atoms with Gasteiger partial charge >= 0.3 is 5.97 Å². The van der Waals surface area contributed by atoms with E-state index in [-0.39, 0.29) is 11.6 Å². The van der Waals surface area contributed by atoms with Crippen LogP contribution in [-0.2, 0) is 0 Å². The summed E-state index contributed by atoms with van der Waals surface area (Å²) >= 11 is 0. The average molecular weight is 274 g/mol. The van der Waals surface area contributed by atoms with E-state index in [1.54, 1.807) is 6.07 Å². The predicted molar refractivity (Wildman–Crippen MR) is 72.6 cm³/mol. The molecule has 1 aliphatic heterocycles. The van der Waals surface area contributed by atoms with Crippen LogP contribution < -0.4 is 0 Å². The molecule has 3 rings (SSSR count). The summed E-state index contributed by atoms with van der Waals surface area (Å²) in [5, 5.41) is 8.81. The molecule has 1 amide bonds. The molecule has 1 aliphatic carbocycles. The molecule has 0 bridgehead atoms. The summed E-state index contributed by atoms with van der Waals surface area (Å²) in [6.45, 7) is 1.64. The molecule has 2 fully saturated rings. The highest BCUT2D eigenvalue weighted by Gasteiger charge is 2.41. The number of carboxylic acids is 1. The summed E-state index contributed by atoms with van der Waals surface area (Å²) in [6, 6.07) is 2.94. The smallest absolute Gasteiger partial charge is 0.354 e. The van der Waals surface area contributed by atoms with E-state index in [4.69, 9.17) is 5.11 Å². The third-order valence-electron chi connectivity index (χ3n) is 4.62. The van der Waals surface area contributed by atoms with Crippen molar-refractivity contribution in [2.24, 2.45) is 5.41 Å². The first kappa shape index (κ1) is 13.1. The number of carbonyl (C=O) groups excluding carboxylic acids is 1. The molecular weight excluding hydrogens is 256 g/mol. The molecule has 20 heavy (non-hydrogen) atoms. The monoisotopic (exact) mass is 274 g/mol. The van der Waals surface area contributed by atoms with E-state index >= 15 is 0 Å². The highest BCUT2D eigenvalue weighted by atomic mass is 16.4. The Morgan fingerprint density at radius 1 is 1.20 bits per heavy atom. The Balaban J connectivity index is 1.71. The fourth-order valence-corrected chi connectivity index (χ4v) is 3.47. The minimum absolute atomic E-state index is 0.0294. The van der Waals surface area contributed by atoms with Gasteiger partial charge in [-0.25, -0.2) is 9.78 Å². The van der Waals surface area contributed by atoms with Crippen molar-refractivity contribution in [1.82, 2.24) is 9.88 Å². The summed E-state index contributed by atoms with van der Waals surface area (Å²) < 4.78 is 0. The van der Waals surface area contributed by atoms with E-state index in [9.17, 15) is 9.59 Å². The second kappa shape index (κ2) is 4.89. The Hall–Kier alpha value is -1.91. The van der Waals surface area contributed by atoms with Crippen molar-refractivity contribution in [1.29, 1.82) is 0 Å². The van der Waals surface area contributed by atoms with E-state index in [0.717, 1.165) is 19.5 Å². The molecule has 1 saturated heterocycles. The molecule has 0 radical (unpaired) electrons. The fraction of sp³-hybridized carbons (Fsp3) is 0.533. The number of amides is 1. The van der Waals surface area contributed by atoms with Crippen LogP contribution in [0.3, 0.4) is 0 Å². The van der Waals surface area contributed by atoms with Crippen LogP contribution in [0.2, 0.25) is 0 Å². The first-order valence-corrected chi connectivity index (χ1v) is 7.08. The molecule has 0 aromatic carbocycles. The van der Waals surface area contributed by atoms with Crippen LogP contribution in [0.1, 0.15) is 53.0 Å². The van der Waals surface area contributed by atoms with Crippen LogP contribution in [0.4, 0.5) is 0 Å². The van der Waals surface area contributed by atoms with Crippen LogP contribution in [-0.4, -0.2) is 40.0 Å². The van der Waals surface area contributed by atoms with Crippen LogP contribution in [0, 0.1) is 5.41 Å². The van der Waals surface area contributed by atoms with Gasteiger partial charge in [0.2, 0.25) is 0 Å². The first-order valence-electron chi connectivity index (χ1n) is 7.08. The molecule has 1 N–H and O–H groups in total. The lowest BCUT2D eigenvalue weighted by molar-refractivity contribution is 0.0688. The molecule has 2 aliphatic rings. The normalized spacial score (nSPS) is 20.5. The topological polar surface area (TPSA) is 70.5 Å². The van der Waals surface area contributed by atoms with Gasteiger partial charge in [0, 0.05) is 19.3 Å². The highest BCUT2D eigenvalue weighted by molar-refractivity contribution is 5.95. The maximum absolute atomic E-state index is 12.4. The minimum Gasteiger partial charge on any atom is -0.477 e. The number of hydrogen-bond donors (Lipinski definition) is 1. The zero-order valence-corrected chi connectivity index (χ0v) is 11.3. The molecule has 1 aromatic rings. The van der Waals surface area contributed by atoms with Gasteiger partial charge in [-0.1, -0.05) is 12.8 Å². The van der Waals surface area contributed by atoms with Gasteiger partial charge in [0.15, 0.2) is 0 Å². The van der Waals surface area contributed by atoms with Gasteiger partial charge in [-0.3, -0.25) is 4.79 Å². The SMILES string of the molecule is O=C(O)c1ccc(C(=O)N2CCC3(CCCC3)C2)cn1. The predicted octanol–water partition coefficient (Wildman–Crippen LogP) is 2.19. The van der Waals surface area contributed by atoms with Crippen molar-refractivity contribution in [3.8, 4) is 0 Å². The fourth-order valence-electron chi connectivity index (χ4n) is 3.47. The molecule has 1 aromatic heterocycles. The van der Waals surface area contributed by atoms with Crippen molar-refractivity contribution < 1.29 is 14.7 Å². The number of hydrogen-bond acceptors (Lipinski definition) is 3. The number of aromatic nitrogens is 1. The Morgan fingerprint density at radius 3 is 2.55 bits per heavy atom. The third-order valence-corrected chi connectivity index (χ3v) is 4.62.